The van der Waals surface area contributed by atoms with Gasteiger partial charge in [0.05, 0.1) is 19.2 Å². The van der Waals surface area contributed by atoms with Gasteiger partial charge in [-0.3, -0.25) is 4.79 Å². The van der Waals surface area contributed by atoms with Crippen molar-refractivity contribution in [1.29, 1.82) is 0 Å². The summed E-state index contributed by atoms with van der Waals surface area (Å²) in [6, 6.07) is 0. The van der Waals surface area contributed by atoms with Crippen LogP contribution in [0, 0.1) is 0 Å². The quantitative estimate of drug-likeness (QED) is 0.787. The Morgan fingerprint density at radius 1 is 1.65 bits per heavy atom. The Morgan fingerprint density at radius 2 is 2.47 bits per heavy atom. The van der Waals surface area contributed by atoms with Crippen molar-refractivity contribution in [3.63, 3.8) is 0 Å². The number of rotatable bonds is 4. The summed E-state index contributed by atoms with van der Waals surface area (Å²) in [6.07, 6.45) is 5.77. The lowest BCUT2D eigenvalue weighted by Crippen LogP contribution is -2.17. The van der Waals surface area contributed by atoms with Crippen molar-refractivity contribution in [1.82, 2.24) is 9.55 Å². The predicted octanol–water partition coefficient (Wildman–Crippen LogP) is 0.825. The Balaban J connectivity index is 2.13. The number of nitrogens with two attached hydrogens (primary N) is 1. The lowest BCUT2D eigenvalue weighted by Gasteiger charge is -2.12. The summed E-state index contributed by atoms with van der Waals surface area (Å²) in [4.78, 5) is 15.9. The second-order valence-corrected chi connectivity index (χ2v) is 4.45. The summed E-state index contributed by atoms with van der Waals surface area (Å²) in [6.45, 7) is 1.45. The van der Waals surface area contributed by atoms with Crippen molar-refractivity contribution < 1.29 is 9.53 Å². The van der Waals surface area contributed by atoms with Gasteiger partial charge in [-0.1, -0.05) is 0 Å². The third-order valence-electron chi connectivity index (χ3n) is 3.27. The first-order valence-corrected chi connectivity index (χ1v) is 6.07. The third-order valence-corrected chi connectivity index (χ3v) is 3.27. The van der Waals surface area contributed by atoms with Gasteiger partial charge in [-0.15, -0.1) is 0 Å². The van der Waals surface area contributed by atoms with Crippen molar-refractivity contribution in [3.8, 4) is 0 Å². The molecule has 0 fully saturated rings. The Bertz CT molecular complexity index is 377. The smallest absolute Gasteiger partial charge is 0.306 e. The maximum atomic E-state index is 11.3. The highest BCUT2D eigenvalue weighted by Gasteiger charge is 2.20. The summed E-state index contributed by atoms with van der Waals surface area (Å²) in [7, 11) is 1.40. The average Bonchev–Trinajstić information content (AvgIpc) is 2.78. The van der Waals surface area contributed by atoms with E-state index >= 15 is 0 Å². The van der Waals surface area contributed by atoms with Gasteiger partial charge in [0.25, 0.3) is 0 Å². The van der Waals surface area contributed by atoms with E-state index in [-0.39, 0.29) is 11.9 Å². The van der Waals surface area contributed by atoms with Crippen LogP contribution >= 0.6 is 0 Å². The summed E-state index contributed by atoms with van der Waals surface area (Å²) >= 11 is 0. The summed E-state index contributed by atoms with van der Waals surface area (Å²) < 4.78 is 6.86. The van der Waals surface area contributed by atoms with Gasteiger partial charge in [0.2, 0.25) is 0 Å². The molecular weight excluding hydrogens is 218 g/mol. The van der Waals surface area contributed by atoms with Gasteiger partial charge in [0.1, 0.15) is 5.82 Å². The molecule has 1 aromatic heterocycles. The molecule has 1 atom stereocenters. The van der Waals surface area contributed by atoms with E-state index in [2.05, 4.69) is 14.3 Å². The molecule has 0 saturated carbocycles. The number of nitrogens with zero attached hydrogens (tertiary/aromatic N) is 2. The first kappa shape index (κ1) is 12.1. The van der Waals surface area contributed by atoms with Gasteiger partial charge in [0.15, 0.2) is 0 Å². The first-order chi connectivity index (χ1) is 8.24. The zero-order valence-electron chi connectivity index (χ0n) is 10.2. The Kier molecular flexibility index (Phi) is 3.78. The Hall–Kier alpha value is -1.36. The molecule has 0 amide bonds. The maximum absolute atomic E-state index is 11.3. The molecule has 17 heavy (non-hydrogen) atoms. The number of aryl methyl sites for hydroxylation is 2. The average molecular weight is 237 g/mol. The molecule has 1 unspecified atom stereocenters. The van der Waals surface area contributed by atoms with E-state index in [0.717, 1.165) is 24.5 Å². The van der Waals surface area contributed by atoms with Crippen molar-refractivity contribution in [3.05, 3.63) is 17.7 Å². The minimum atomic E-state index is -0.230. The van der Waals surface area contributed by atoms with Crippen LogP contribution in [0.3, 0.4) is 0 Å². The van der Waals surface area contributed by atoms with Gasteiger partial charge in [-0.05, 0) is 12.8 Å². The van der Waals surface area contributed by atoms with Crippen LogP contribution in [0.1, 0.15) is 36.7 Å². The highest BCUT2D eigenvalue weighted by molar-refractivity contribution is 5.70. The maximum Gasteiger partial charge on any atom is 0.306 e. The number of imidazole rings is 1. The lowest BCUT2D eigenvalue weighted by molar-refractivity contribution is -0.141. The highest BCUT2D eigenvalue weighted by atomic mass is 16.5. The van der Waals surface area contributed by atoms with Crippen LogP contribution in [0.2, 0.25) is 0 Å². The Labute approximate surface area is 101 Å². The number of hydrogen-bond acceptors (Lipinski definition) is 4. The fourth-order valence-electron chi connectivity index (χ4n) is 2.22. The van der Waals surface area contributed by atoms with E-state index in [1.165, 1.54) is 20.0 Å². The van der Waals surface area contributed by atoms with Crippen molar-refractivity contribution in [2.24, 2.45) is 5.73 Å². The predicted molar refractivity (Wildman–Crippen MR) is 63.6 cm³/mol. The summed E-state index contributed by atoms with van der Waals surface area (Å²) in [5, 5.41) is 0. The molecule has 0 spiro atoms. The van der Waals surface area contributed by atoms with E-state index in [4.69, 9.17) is 5.73 Å². The standard InChI is InChI=1S/C12H19N3O2/c1-17-12(16)6-9(7-13)10-8-15-5-3-2-4-11(15)14-10/h8-9H,2-7,13H2,1H3. The molecule has 2 rings (SSSR count). The van der Waals surface area contributed by atoms with Crippen molar-refractivity contribution in [2.75, 3.05) is 13.7 Å². The number of hydrogen-bond donors (Lipinski definition) is 1. The van der Waals surface area contributed by atoms with Gasteiger partial charge in [0, 0.05) is 31.6 Å². The molecule has 0 aliphatic carbocycles. The van der Waals surface area contributed by atoms with Crippen LogP contribution in [0.25, 0.3) is 0 Å². The molecular formula is C12H19N3O2. The van der Waals surface area contributed by atoms with Gasteiger partial charge >= 0.3 is 5.97 Å². The largest absolute Gasteiger partial charge is 0.469 e. The molecule has 0 saturated heterocycles. The molecule has 2 N–H and O–H groups in total. The molecule has 0 bridgehead atoms. The second-order valence-electron chi connectivity index (χ2n) is 4.45. The monoisotopic (exact) mass is 237 g/mol. The topological polar surface area (TPSA) is 70.1 Å². The van der Waals surface area contributed by atoms with E-state index in [1.54, 1.807) is 0 Å². The summed E-state index contributed by atoms with van der Waals surface area (Å²) in [5.41, 5.74) is 6.63. The van der Waals surface area contributed by atoms with Crippen molar-refractivity contribution in [2.45, 2.75) is 38.1 Å². The molecule has 5 nitrogen and oxygen atoms in total. The molecule has 94 valence electrons. The number of aromatic nitrogens is 2. The molecule has 0 aromatic carbocycles. The molecule has 5 heteroatoms. The zero-order chi connectivity index (χ0) is 12.3. The van der Waals surface area contributed by atoms with E-state index in [1.807, 2.05) is 6.20 Å². The molecule has 0 radical (unpaired) electrons. The zero-order valence-corrected chi connectivity index (χ0v) is 10.2. The normalized spacial score (nSPS) is 16.4. The molecule has 1 aromatic rings. The minimum absolute atomic E-state index is 0.0273. The fourth-order valence-corrected chi connectivity index (χ4v) is 2.22. The number of carbonyl (C=O) groups is 1. The fraction of sp³-hybridized carbons (Fsp3) is 0.667. The van der Waals surface area contributed by atoms with E-state index in [9.17, 15) is 4.79 Å². The van der Waals surface area contributed by atoms with Gasteiger partial charge < -0.3 is 15.0 Å². The van der Waals surface area contributed by atoms with Crippen molar-refractivity contribution >= 4 is 5.97 Å². The van der Waals surface area contributed by atoms with E-state index in [0.29, 0.717) is 13.0 Å². The number of esters is 1. The third kappa shape index (κ3) is 2.66. The van der Waals surface area contributed by atoms with Crippen LogP contribution in [0.4, 0.5) is 0 Å². The van der Waals surface area contributed by atoms with Crippen LogP contribution < -0.4 is 5.73 Å². The Morgan fingerprint density at radius 3 is 3.12 bits per heavy atom. The highest BCUT2D eigenvalue weighted by Crippen LogP contribution is 2.22. The molecule has 2 heterocycles. The number of carbonyl (C=O) groups excluding carboxylic acids is 1. The number of fused-ring (bicyclic) bond motifs is 1. The first-order valence-electron chi connectivity index (χ1n) is 6.07. The summed E-state index contributed by atoms with van der Waals surface area (Å²) in [5.74, 6) is 0.863. The van der Waals surface area contributed by atoms with E-state index < -0.39 is 0 Å². The van der Waals surface area contributed by atoms with Crippen LogP contribution in [0.15, 0.2) is 6.20 Å². The van der Waals surface area contributed by atoms with Crippen LogP contribution in [-0.2, 0) is 22.5 Å². The second kappa shape index (κ2) is 5.31. The molecule has 1 aliphatic rings. The van der Waals surface area contributed by atoms with Crippen LogP contribution in [0.5, 0.6) is 0 Å². The van der Waals surface area contributed by atoms with Crippen LogP contribution in [-0.4, -0.2) is 29.2 Å². The lowest BCUT2D eigenvalue weighted by atomic mass is 10.0. The van der Waals surface area contributed by atoms with Gasteiger partial charge in [-0.2, -0.15) is 0 Å². The number of methoxy groups -OCH3 is 1. The van der Waals surface area contributed by atoms with Gasteiger partial charge in [-0.25, -0.2) is 4.98 Å². The molecule has 1 aliphatic heterocycles. The number of ether oxygens (including phenoxy) is 1. The minimum Gasteiger partial charge on any atom is -0.469 e. The SMILES string of the molecule is COC(=O)CC(CN)c1cn2c(n1)CCCC2.